The molecule has 7 nitrogen and oxygen atoms in total. The molecular formula is C26H27ClN2O5. The lowest BCUT2D eigenvalue weighted by Gasteiger charge is -2.14. The minimum absolute atomic E-state index is 0.0916. The number of methoxy groups -OCH3 is 1. The number of ether oxygens (including phenoxy) is 3. The quantitative estimate of drug-likeness (QED) is 0.469. The molecule has 0 heterocycles. The van der Waals surface area contributed by atoms with Gasteiger partial charge < -0.3 is 24.4 Å². The van der Waals surface area contributed by atoms with Crippen LogP contribution in [0.3, 0.4) is 0 Å². The van der Waals surface area contributed by atoms with Crippen LogP contribution < -0.4 is 19.5 Å². The molecule has 0 aromatic heterocycles. The first-order valence-electron chi connectivity index (χ1n) is 10.6. The van der Waals surface area contributed by atoms with Gasteiger partial charge in [-0.25, -0.2) is 0 Å². The molecule has 0 atom stereocenters. The molecule has 178 valence electrons. The highest BCUT2D eigenvalue weighted by atomic mass is 35.5. The van der Waals surface area contributed by atoms with E-state index in [1.807, 2.05) is 42.5 Å². The van der Waals surface area contributed by atoms with E-state index in [9.17, 15) is 9.59 Å². The van der Waals surface area contributed by atoms with E-state index in [0.717, 1.165) is 16.7 Å². The fourth-order valence-corrected chi connectivity index (χ4v) is 3.27. The van der Waals surface area contributed by atoms with Crippen LogP contribution in [0.2, 0.25) is 5.02 Å². The number of nitrogens with one attached hydrogen (secondary N) is 1. The van der Waals surface area contributed by atoms with Crippen LogP contribution in [0.15, 0.2) is 66.7 Å². The molecule has 1 N–H and O–H groups in total. The van der Waals surface area contributed by atoms with E-state index in [2.05, 4.69) is 5.32 Å². The Labute approximate surface area is 204 Å². The molecule has 3 aromatic carbocycles. The van der Waals surface area contributed by atoms with E-state index in [1.165, 1.54) is 12.0 Å². The first-order valence-corrected chi connectivity index (χ1v) is 11.0. The van der Waals surface area contributed by atoms with E-state index in [1.54, 1.807) is 38.4 Å². The highest BCUT2D eigenvalue weighted by Gasteiger charge is 2.11. The zero-order valence-electron chi connectivity index (χ0n) is 19.3. The molecule has 3 rings (SSSR count). The maximum absolute atomic E-state index is 12.3. The van der Waals surface area contributed by atoms with Gasteiger partial charge in [-0.05, 0) is 41.0 Å². The van der Waals surface area contributed by atoms with Crippen molar-refractivity contribution in [1.82, 2.24) is 10.2 Å². The number of rotatable bonds is 10. The third-order valence-corrected chi connectivity index (χ3v) is 5.26. The Morgan fingerprint density at radius 2 is 1.56 bits per heavy atom. The Morgan fingerprint density at radius 3 is 2.24 bits per heavy atom. The van der Waals surface area contributed by atoms with Crippen LogP contribution in [0.1, 0.15) is 5.56 Å². The lowest BCUT2D eigenvalue weighted by molar-refractivity contribution is -0.130. The van der Waals surface area contributed by atoms with Crippen LogP contribution in [-0.2, 0) is 16.1 Å². The lowest BCUT2D eigenvalue weighted by Crippen LogP contribution is -2.28. The van der Waals surface area contributed by atoms with Crippen molar-refractivity contribution in [3.8, 4) is 28.4 Å². The van der Waals surface area contributed by atoms with Gasteiger partial charge in [-0.15, -0.1) is 0 Å². The highest BCUT2D eigenvalue weighted by Crippen LogP contribution is 2.30. The number of benzene rings is 3. The molecule has 34 heavy (non-hydrogen) atoms. The summed E-state index contributed by atoms with van der Waals surface area (Å²) in [4.78, 5) is 25.4. The van der Waals surface area contributed by atoms with Crippen molar-refractivity contribution in [3.05, 3.63) is 77.3 Å². The van der Waals surface area contributed by atoms with Crippen LogP contribution in [-0.4, -0.2) is 51.1 Å². The first-order chi connectivity index (χ1) is 16.4. The largest absolute Gasteiger partial charge is 0.493 e. The third kappa shape index (κ3) is 6.89. The molecule has 0 saturated heterocycles. The molecule has 0 bridgehead atoms. The second-order valence-electron chi connectivity index (χ2n) is 7.64. The molecule has 0 aliphatic carbocycles. The summed E-state index contributed by atoms with van der Waals surface area (Å²) in [6.45, 7) is 0.0111. The predicted octanol–water partition coefficient (Wildman–Crippen LogP) is 4.18. The number of hydrogen-bond donors (Lipinski definition) is 1. The van der Waals surface area contributed by atoms with Gasteiger partial charge >= 0.3 is 0 Å². The topological polar surface area (TPSA) is 77.1 Å². The molecule has 0 saturated carbocycles. The van der Waals surface area contributed by atoms with Crippen molar-refractivity contribution in [2.75, 3.05) is 34.4 Å². The maximum atomic E-state index is 12.3. The standard InChI is InChI=1S/C26H27ClN2O5/c1-29(2)26(31)17-34-23-11-9-18(13-24(23)32-3)15-28-25(30)16-33-22-12-10-20(14-21(22)27)19-7-5-4-6-8-19/h4-14H,15-17H2,1-3H3,(H,28,30). The van der Waals surface area contributed by atoms with Crippen molar-refractivity contribution in [2.45, 2.75) is 6.54 Å². The molecule has 0 unspecified atom stereocenters. The van der Waals surface area contributed by atoms with Crippen LogP contribution in [0.5, 0.6) is 17.2 Å². The van der Waals surface area contributed by atoms with Crippen molar-refractivity contribution < 1.29 is 23.8 Å². The summed E-state index contributed by atoms with van der Waals surface area (Å²) in [5.74, 6) is 0.906. The number of carbonyl (C=O) groups is 2. The summed E-state index contributed by atoms with van der Waals surface area (Å²) in [5, 5.41) is 3.23. The Kier molecular flexibility index (Phi) is 8.76. The number of amides is 2. The van der Waals surface area contributed by atoms with Crippen molar-refractivity contribution in [1.29, 1.82) is 0 Å². The normalized spacial score (nSPS) is 10.4. The average molecular weight is 483 g/mol. The van der Waals surface area contributed by atoms with Crippen molar-refractivity contribution >= 4 is 23.4 Å². The predicted molar refractivity (Wildman–Crippen MR) is 131 cm³/mol. The van der Waals surface area contributed by atoms with Crippen LogP contribution in [0.4, 0.5) is 0 Å². The third-order valence-electron chi connectivity index (χ3n) is 4.97. The highest BCUT2D eigenvalue weighted by molar-refractivity contribution is 6.32. The molecule has 0 aliphatic rings. The van der Waals surface area contributed by atoms with Crippen molar-refractivity contribution in [2.24, 2.45) is 0 Å². The molecule has 3 aromatic rings. The van der Waals surface area contributed by atoms with E-state index >= 15 is 0 Å². The summed E-state index contributed by atoms with van der Waals surface area (Å²) in [6.07, 6.45) is 0. The van der Waals surface area contributed by atoms with Gasteiger partial charge in [0, 0.05) is 20.6 Å². The SMILES string of the molecule is COc1cc(CNC(=O)COc2ccc(-c3ccccc3)cc2Cl)ccc1OCC(=O)N(C)C. The molecule has 0 radical (unpaired) electrons. The number of nitrogens with zero attached hydrogens (tertiary/aromatic N) is 1. The van der Waals surface area contributed by atoms with Crippen LogP contribution in [0.25, 0.3) is 11.1 Å². The van der Waals surface area contributed by atoms with E-state index in [0.29, 0.717) is 22.3 Å². The molecule has 8 heteroatoms. The van der Waals surface area contributed by atoms with Gasteiger partial charge in [-0.1, -0.05) is 54.1 Å². The Balaban J connectivity index is 1.51. The van der Waals surface area contributed by atoms with Crippen LogP contribution >= 0.6 is 11.6 Å². The summed E-state index contributed by atoms with van der Waals surface area (Å²) in [5.41, 5.74) is 2.82. The van der Waals surface area contributed by atoms with Gasteiger partial charge in [-0.2, -0.15) is 0 Å². The smallest absolute Gasteiger partial charge is 0.259 e. The second-order valence-corrected chi connectivity index (χ2v) is 8.05. The zero-order valence-corrected chi connectivity index (χ0v) is 20.1. The van der Waals surface area contributed by atoms with Crippen LogP contribution in [0, 0.1) is 0 Å². The number of carbonyl (C=O) groups excluding carboxylic acids is 2. The zero-order chi connectivity index (χ0) is 24.5. The number of halogens is 1. The molecule has 0 aliphatic heterocycles. The maximum Gasteiger partial charge on any atom is 0.259 e. The van der Waals surface area contributed by atoms with Gasteiger partial charge in [0.25, 0.3) is 11.8 Å². The number of hydrogen-bond acceptors (Lipinski definition) is 5. The van der Waals surface area contributed by atoms with Gasteiger partial charge in [-0.3, -0.25) is 9.59 Å². The van der Waals surface area contributed by atoms with Gasteiger partial charge in [0.05, 0.1) is 12.1 Å². The first kappa shape index (κ1) is 24.9. The Morgan fingerprint density at radius 1 is 0.853 bits per heavy atom. The molecule has 0 spiro atoms. The summed E-state index contributed by atoms with van der Waals surface area (Å²) < 4.78 is 16.5. The monoisotopic (exact) mass is 482 g/mol. The fourth-order valence-electron chi connectivity index (χ4n) is 3.03. The summed E-state index contributed by atoms with van der Waals surface area (Å²) >= 11 is 6.34. The molecule has 0 fully saturated rings. The molecule has 2 amide bonds. The fraction of sp³-hybridized carbons (Fsp3) is 0.231. The Bertz CT molecular complexity index is 1140. The minimum atomic E-state index is -0.293. The van der Waals surface area contributed by atoms with Gasteiger partial charge in [0.2, 0.25) is 0 Å². The summed E-state index contributed by atoms with van der Waals surface area (Å²) in [6, 6.07) is 20.6. The van der Waals surface area contributed by atoms with E-state index in [4.69, 9.17) is 25.8 Å². The Hall–Kier alpha value is -3.71. The van der Waals surface area contributed by atoms with Gasteiger partial charge in [0.15, 0.2) is 24.7 Å². The second kappa shape index (κ2) is 12.0. The average Bonchev–Trinajstić information content (AvgIpc) is 2.85. The van der Waals surface area contributed by atoms with E-state index in [-0.39, 0.29) is 31.6 Å². The molecular weight excluding hydrogens is 456 g/mol. The van der Waals surface area contributed by atoms with E-state index < -0.39 is 0 Å². The minimum Gasteiger partial charge on any atom is -0.493 e. The number of likely N-dealkylation sites (N-methyl/N-ethyl adjacent to an activating group) is 1. The van der Waals surface area contributed by atoms with Gasteiger partial charge in [0.1, 0.15) is 5.75 Å². The summed E-state index contributed by atoms with van der Waals surface area (Å²) in [7, 11) is 4.83. The van der Waals surface area contributed by atoms with Crippen molar-refractivity contribution in [3.63, 3.8) is 0 Å². The lowest BCUT2D eigenvalue weighted by atomic mass is 10.1.